The van der Waals surface area contributed by atoms with Gasteiger partial charge < -0.3 is 14.2 Å². The summed E-state index contributed by atoms with van der Waals surface area (Å²) in [6, 6.07) is 0. The van der Waals surface area contributed by atoms with E-state index in [1.54, 1.807) is 20.8 Å². The maximum Gasteiger partial charge on any atom is 0.321 e. The van der Waals surface area contributed by atoms with E-state index in [2.05, 4.69) is 15.9 Å². The second-order valence-electron chi connectivity index (χ2n) is 2.78. The van der Waals surface area contributed by atoms with Crippen LogP contribution in [0.2, 0.25) is 0 Å². The van der Waals surface area contributed by atoms with Crippen molar-refractivity contribution in [2.75, 3.05) is 6.61 Å². The summed E-state index contributed by atoms with van der Waals surface area (Å²) in [5.74, 6) is -0.346. The largest absolute Gasteiger partial charge is 0.435 e. The van der Waals surface area contributed by atoms with E-state index < -0.39 is 6.29 Å². The minimum Gasteiger partial charge on any atom is -0.435 e. The molecule has 0 aliphatic rings. The van der Waals surface area contributed by atoms with Crippen LogP contribution in [0, 0.1) is 0 Å². The quantitative estimate of drug-likeness (QED) is 0.420. The van der Waals surface area contributed by atoms with Crippen molar-refractivity contribution in [1.29, 1.82) is 0 Å². The molecule has 0 aromatic rings. The molecule has 3 unspecified atom stereocenters. The fourth-order valence-electron chi connectivity index (χ4n) is 0.829. The predicted octanol–water partition coefficient (Wildman–Crippen LogP) is 2.06. The maximum absolute atomic E-state index is 11.1. The highest BCUT2D eigenvalue weighted by Gasteiger charge is 2.16. The molecule has 14 heavy (non-hydrogen) atoms. The Kier molecular flexibility index (Phi) is 7.13. The van der Waals surface area contributed by atoms with Crippen LogP contribution in [-0.4, -0.2) is 30.0 Å². The van der Waals surface area contributed by atoms with Crippen molar-refractivity contribution in [3.05, 3.63) is 0 Å². The van der Waals surface area contributed by atoms with E-state index in [0.717, 1.165) is 0 Å². The minimum absolute atomic E-state index is 0.323. The Morgan fingerprint density at radius 3 is 2.29 bits per heavy atom. The van der Waals surface area contributed by atoms with Gasteiger partial charge in [-0.1, -0.05) is 15.9 Å². The van der Waals surface area contributed by atoms with Gasteiger partial charge in [0.05, 0.1) is 0 Å². The number of alkyl halides is 1. The van der Waals surface area contributed by atoms with Crippen molar-refractivity contribution < 1.29 is 19.0 Å². The van der Waals surface area contributed by atoms with E-state index in [1.807, 2.05) is 6.92 Å². The molecule has 0 spiro atoms. The van der Waals surface area contributed by atoms with Crippen molar-refractivity contribution in [2.45, 2.75) is 45.1 Å². The molecule has 0 radical (unpaired) electrons. The second-order valence-corrected chi connectivity index (χ2v) is 4.15. The number of ether oxygens (including phenoxy) is 3. The van der Waals surface area contributed by atoms with Crippen LogP contribution in [-0.2, 0) is 19.0 Å². The fraction of sp³-hybridized carbons (Fsp3) is 0.889. The van der Waals surface area contributed by atoms with Gasteiger partial charge in [0.25, 0.3) is 0 Å². The van der Waals surface area contributed by atoms with E-state index in [4.69, 9.17) is 14.2 Å². The molecule has 0 amide bonds. The highest BCUT2D eigenvalue weighted by molar-refractivity contribution is 9.10. The van der Waals surface area contributed by atoms with Gasteiger partial charge in [0, 0.05) is 6.61 Å². The van der Waals surface area contributed by atoms with Crippen molar-refractivity contribution in [3.8, 4) is 0 Å². The molecule has 0 saturated carbocycles. The van der Waals surface area contributed by atoms with E-state index >= 15 is 0 Å². The van der Waals surface area contributed by atoms with Crippen LogP contribution in [0.5, 0.6) is 0 Å². The lowest BCUT2D eigenvalue weighted by Crippen LogP contribution is -2.27. The smallest absolute Gasteiger partial charge is 0.321 e. The predicted molar refractivity (Wildman–Crippen MR) is 56.1 cm³/mol. The van der Waals surface area contributed by atoms with E-state index in [0.29, 0.717) is 6.61 Å². The SMILES string of the molecule is CCOC(C)OC(C)OC(=O)C(C)Br. The third-order valence-corrected chi connectivity index (χ3v) is 1.77. The third kappa shape index (κ3) is 6.34. The zero-order chi connectivity index (χ0) is 11.1. The Hall–Kier alpha value is -0.130. The third-order valence-electron chi connectivity index (χ3n) is 1.39. The Morgan fingerprint density at radius 2 is 1.86 bits per heavy atom. The average Bonchev–Trinajstić information content (AvgIpc) is 2.03. The number of carbonyl (C=O) groups excluding carboxylic acids is 1. The second kappa shape index (κ2) is 7.20. The van der Waals surface area contributed by atoms with Gasteiger partial charge in [-0.05, 0) is 27.7 Å². The van der Waals surface area contributed by atoms with E-state index in [-0.39, 0.29) is 17.1 Å². The number of carbonyl (C=O) groups is 1. The number of hydrogen-bond donors (Lipinski definition) is 0. The van der Waals surface area contributed by atoms with Gasteiger partial charge in [0.15, 0.2) is 6.29 Å². The van der Waals surface area contributed by atoms with Crippen LogP contribution in [0.1, 0.15) is 27.7 Å². The number of rotatable bonds is 6. The van der Waals surface area contributed by atoms with Crippen molar-refractivity contribution in [3.63, 3.8) is 0 Å². The van der Waals surface area contributed by atoms with E-state index in [9.17, 15) is 4.79 Å². The number of esters is 1. The molecule has 0 N–H and O–H groups in total. The van der Waals surface area contributed by atoms with Gasteiger partial charge >= 0.3 is 5.97 Å². The monoisotopic (exact) mass is 268 g/mol. The van der Waals surface area contributed by atoms with Crippen LogP contribution in [0.4, 0.5) is 0 Å². The highest BCUT2D eigenvalue weighted by atomic mass is 79.9. The molecule has 5 heteroatoms. The Labute approximate surface area is 93.0 Å². The fourth-order valence-corrected chi connectivity index (χ4v) is 0.937. The Balaban J connectivity index is 3.74. The topological polar surface area (TPSA) is 44.8 Å². The molecule has 0 aromatic carbocycles. The molecule has 0 aromatic heterocycles. The zero-order valence-electron chi connectivity index (χ0n) is 8.95. The summed E-state index contributed by atoms with van der Waals surface area (Å²) < 4.78 is 15.3. The summed E-state index contributed by atoms with van der Waals surface area (Å²) >= 11 is 3.10. The first kappa shape index (κ1) is 13.9. The summed E-state index contributed by atoms with van der Waals surface area (Å²) in [4.78, 5) is 10.8. The van der Waals surface area contributed by atoms with Gasteiger partial charge in [0.2, 0.25) is 6.29 Å². The van der Waals surface area contributed by atoms with Crippen molar-refractivity contribution >= 4 is 21.9 Å². The average molecular weight is 269 g/mol. The molecule has 0 rings (SSSR count). The Morgan fingerprint density at radius 1 is 1.29 bits per heavy atom. The first-order valence-corrected chi connectivity index (χ1v) is 5.50. The van der Waals surface area contributed by atoms with Crippen molar-refractivity contribution in [1.82, 2.24) is 0 Å². The van der Waals surface area contributed by atoms with Gasteiger partial charge in [0.1, 0.15) is 4.83 Å². The van der Waals surface area contributed by atoms with Crippen LogP contribution < -0.4 is 0 Å². The van der Waals surface area contributed by atoms with Gasteiger partial charge in [-0.15, -0.1) is 0 Å². The Bertz CT molecular complexity index is 172. The molecule has 0 aliphatic heterocycles. The summed E-state index contributed by atoms with van der Waals surface area (Å²) in [5, 5.41) is 0. The highest BCUT2D eigenvalue weighted by Crippen LogP contribution is 2.06. The summed E-state index contributed by atoms with van der Waals surface area (Å²) in [5.41, 5.74) is 0. The van der Waals surface area contributed by atoms with Crippen molar-refractivity contribution in [2.24, 2.45) is 0 Å². The molecule has 84 valence electrons. The normalized spacial score (nSPS) is 17.2. The number of hydrogen-bond acceptors (Lipinski definition) is 4. The molecule has 0 bridgehead atoms. The summed E-state index contributed by atoms with van der Waals surface area (Å²) in [6.07, 6.45) is -0.961. The van der Waals surface area contributed by atoms with Crippen LogP contribution in [0.15, 0.2) is 0 Å². The van der Waals surface area contributed by atoms with Crippen LogP contribution in [0.3, 0.4) is 0 Å². The zero-order valence-corrected chi connectivity index (χ0v) is 10.5. The molecule has 0 fully saturated rings. The lowest BCUT2D eigenvalue weighted by Gasteiger charge is -2.19. The standard InChI is InChI=1S/C9H17BrO4/c1-5-12-7(3)13-8(4)14-9(11)6(2)10/h6-8H,5H2,1-4H3. The minimum atomic E-state index is -0.593. The molecule has 0 aliphatic carbocycles. The first-order valence-electron chi connectivity index (χ1n) is 4.59. The first-order chi connectivity index (χ1) is 6.47. The number of halogens is 1. The van der Waals surface area contributed by atoms with Crippen LogP contribution >= 0.6 is 15.9 Å². The van der Waals surface area contributed by atoms with E-state index in [1.165, 1.54) is 0 Å². The van der Waals surface area contributed by atoms with Gasteiger partial charge in [-0.3, -0.25) is 4.79 Å². The molecule has 3 atom stereocenters. The lowest BCUT2D eigenvalue weighted by atomic mass is 10.5. The molecular formula is C9H17BrO4. The molecular weight excluding hydrogens is 252 g/mol. The maximum atomic E-state index is 11.1. The van der Waals surface area contributed by atoms with Gasteiger partial charge in [-0.25, -0.2) is 0 Å². The summed E-state index contributed by atoms with van der Waals surface area (Å²) in [6.45, 7) is 7.54. The molecule has 0 heterocycles. The van der Waals surface area contributed by atoms with Crippen LogP contribution in [0.25, 0.3) is 0 Å². The lowest BCUT2D eigenvalue weighted by molar-refractivity contribution is -0.227. The summed E-state index contributed by atoms with van der Waals surface area (Å²) in [7, 11) is 0. The molecule has 4 nitrogen and oxygen atoms in total. The van der Waals surface area contributed by atoms with Gasteiger partial charge in [-0.2, -0.15) is 0 Å². The molecule has 0 saturated heterocycles.